The standard InChI is InChI=1S/C15H21N3O4/c1-9(2)14-16-15(22-17-14)13-5-10(20)6-18(13)7-11-3-4-12(8-19)21-11/h3-4,9-10,13,19-20H,5-8H2,1-2H3/t10-,13+/m1/s1. The molecule has 2 aromatic rings. The van der Waals surface area contributed by atoms with Crippen LogP contribution in [0.15, 0.2) is 21.1 Å². The van der Waals surface area contributed by atoms with Crippen molar-refractivity contribution >= 4 is 0 Å². The minimum atomic E-state index is -0.424. The second-order valence-corrected chi connectivity index (χ2v) is 6.01. The van der Waals surface area contributed by atoms with Gasteiger partial charge in [-0.25, -0.2) is 0 Å². The molecule has 0 aliphatic carbocycles. The zero-order valence-corrected chi connectivity index (χ0v) is 12.8. The molecular formula is C15H21N3O4. The van der Waals surface area contributed by atoms with Crippen LogP contribution in [0.3, 0.4) is 0 Å². The average Bonchev–Trinajstić information content (AvgIpc) is 3.18. The predicted molar refractivity (Wildman–Crippen MR) is 76.8 cm³/mol. The number of aliphatic hydroxyl groups is 2. The normalized spacial score (nSPS) is 22.8. The topological polar surface area (TPSA) is 95.8 Å². The van der Waals surface area contributed by atoms with Crippen LogP contribution in [0, 0.1) is 0 Å². The highest BCUT2D eigenvalue weighted by Crippen LogP contribution is 2.33. The van der Waals surface area contributed by atoms with Crippen molar-refractivity contribution in [1.29, 1.82) is 0 Å². The summed E-state index contributed by atoms with van der Waals surface area (Å²) in [5.74, 6) is 2.69. The molecule has 7 heteroatoms. The van der Waals surface area contributed by atoms with E-state index >= 15 is 0 Å². The van der Waals surface area contributed by atoms with Gasteiger partial charge in [-0.3, -0.25) is 4.90 Å². The summed E-state index contributed by atoms with van der Waals surface area (Å²) in [6.07, 6.45) is 0.138. The largest absolute Gasteiger partial charge is 0.462 e. The molecule has 0 unspecified atom stereocenters. The van der Waals surface area contributed by atoms with Gasteiger partial charge in [-0.2, -0.15) is 4.98 Å². The molecule has 0 spiro atoms. The summed E-state index contributed by atoms with van der Waals surface area (Å²) >= 11 is 0. The van der Waals surface area contributed by atoms with Crippen LogP contribution in [-0.4, -0.2) is 37.9 Å². The molecule has 2 aromatic heterocycles. The molecule has 0 amide bonds. The summed E-state index contributed by atoms with van der Waals surface area (Å²) in [7, 11) is 0. The van der Waals surface area contributed by atoms with Gasteiger partial charge in [-0.1, -0.05) is 19.0 Å². The maximum atomic E-state index is 9.97. The Morgan fingerprint density at radius 1 is 1.36 bits per heavy atom. The van der Waals surface area contributed by atoms with E-state index in [1.54, 1.807) is 6.07 Å². The summed E-state index contributed by atoms with van der Waals surface area (Å²) in [6, 6.07) is 3.47. The van der Waals surface area contributed by atoms with Crippen molar-refractivity contribution in [3.63, 3.8) is 0 Å². The van der Waals surface area contributed by atoms with Crippen molar-refractivity contribution in [1.82, 2.24) is 15.0 Å². The van der Waals surface area contributed by atoms with E-state index in [9.17, 15) is 5.11 Å². The Kier molecular flexibility index (Phi) is 4.28. The van der Waals surface area contributed by atoms with Crippen LogP contribution in [0.2, 0.25) is 0 Å². The Morgan fingerprint density at radius 3 is 2.77 bits per heavy atom. The zero-order chi connectivity index (χ0) is 15.7. The lowest BCUT2D eigenvalue weighted by Crippen LogP contribution is -2.24. The maximum Gasteiger partial charge on any atom is 0.244 e. The lowest BCUT2D eigenvalue weighted by molar-refractivity contribution is 0.160. The lowest BCUT2D eigenvalue weighted by Gasteiger charge is -2.19. The van der Waals surface area contributed by atoms with Crippen molar-refractivity contribution in [3.8, 4) is 0 Å². The first-order valence-electron chi connectivity index (χ1n) is 7.51. The summed E-state index contributed by atoms with van der Waals surface area (Å²) in [5.41, 5.74) is 0. The third-order valence-electron chi connectivity index (χ3n) is 3.87. The molecule has 22 heavy (non-hydrogen) atoms. The third kappa shape index (κ3) is 3.06. The molecule has 2 N–H and O–H groups in total. The monoisotopic (exact) mass is 307 g/mol. The number of β-amino-alcohol motifs (C(OH)–C–C–N with tert-alkyl or cyclic N) is 1. The van der Waals surface area contributed by atoms with Crippen molar-refractivity contribution < 1.29 is 19.2 Å². The van der Waals surface area contributed by atoms with Crippen molar-refractivity contribution in [3.05, 3.63) is 35.4 Å². The maximum absolute atomic E-state index is 9.97. The van der Waals surface area contributed by atoms with Crippen LogP contribution in [0.4, 0.5) is 0 Å². The molecule has 2 atom stereocenters. The van der Waals surface area contributed by atoms with E-state index < -0.39 is 6.10 Å². The van der Waals surface area contributed by atoms with E-state index in [-0.39, 0.29) is 18.6 Å². The number of rotatable bonds is 5. The highest BCUT2D eigenvalue weighted by Gasteiger charge is 2.36. The number of furan rings is 1. The molecule has 0 radical (unpaired) electrons. The van der Waals surface area contributed by atoms with Gasteiger partial charge in [0.2, 0.25) is 5.89 Å². The zero-order valence-electron chi connectivity index (χ0n) is 12.8. The summed E-state index contributed by atoms with van der Waals surface area (Å²) < 4.78 is 10.9. The summed E-state index contributed by atoms with van der Waals surface area (Å²) in [6.45, 7) is 4.96. The van der Waals surface area contributed by atoms with Gasteiger partial charge < -0.3 is 19.2 Å². The fraction of sp³-hybridized carbons (Fsp3) is 0.600. The molecular weight excluding hydrogens is 286 g/mol. The first-order valence-corrected chi connectivity index (χ1v) is 7.51. The second-order valence-electron chi connectivity index (χ2n) is 6.01. The van der Waals surface area contributed by atoms with Gasteiger partial charge in [0.1, 0.15) is 18.1 Å². The highest BCUT2D eigenvalue weighted by atomic mass is 16.5. The molecule has 0 saturated carbocycles. The number of hydrogen-bond acceptors (Lipinski definition) is 7. The van der Waals surface area contributed by atoms with Crippen LogP contribution in [0.5, 0.6) is 0 Å². The number of nitrogens with zero attached hydrogens (tertiary/aromatic N) is 3. The molecule has 3 heterocycles. The summed E-state index contributed by atoms with van der Waals surface area (Å²) in [5, 5.41) is 23.0. The van der Waals surface area contributed by atoms with Gasteiger partial charge in [0.05, 0.1) is 18.7 Å². The fourth-order valence-corrected chi connectivity index (χ4v) is 2.72. The second kappa shape index (κ2) is 6.20. The Balaban J connectivity index is 1.76. The first kappa shape index (κ1) is 15.2. The molecule has 1 aliphatic rings. The Labute approximate surface area is 128 Å². The molecule has 0 aromatic carbocycles. The van der Waals surface area contributed by atoms with Crippen LogP contribution < -0.4 is 0 Å². The summed E-state index contributed by atoms with van der Waals surface area (Å²) in [4.78, 5) is 6.50. The van der Waals surface area contributed by atoms with Crippen molar-refractivity contribution in [2.24, 2.45) is 0 Å². The van der Waals surface area contributed by atoms with Gasteiger partial charge in [0.25, 0.3) is 0 Å². The molecule has 7 nitrogen and oxygen atoms in total. The van der Waals surface area contributed by atoms with Gasteiger partial charge in [-0.15, -0.1) is 0 Å². The Morgan fingerprint density at radius 2 is 2.14 bits per heavy atom. The predicted octanol–water partition coefficient (Wildman–Crippen LogP) is 1.59. The first-order chi connectivity index (χ1) is 10.6. The van der Waals surface area contributed by atoms with E-state index in [1.807, 2.05) is 19.9 Å². The van der Waals surface area contributed by atoms with Crippen molar-refractivity contribution in [2.45, 2.75) is 51.5 Å². The van der Waals surface area contributed by atoms with Crippen LogP contribution in [0.1, 0.15) is 55.5 Å². The lowest BCUT2D eigenvalue weighted by atomic mass is 10.2. The molecule has 1 aliphatic heterocycles. The van der Waals surface area contributed by atoms with Gasteiger partial charge in [-0.05, 0) is 18.6 Å². The number of likely N-dealkylation sites (tertiary alicyclic amines) is 1. The molecule has 120 valence electrons. The van der Waals surface area contributed by atoms with E-state index in [0.717, 1.165) is 5.76 Å². The fourth-order valence-electron chi connectivity index (χ4n) is 2.72. The van der Waals surface area contributed by atoms with Gasteiger partial charge in [0.15, 0.2) is 5.82 Å². The molecule has 3 rings (SSSR count). The SMILES string of the molecule is CC(C)c1noc([C@@H]2C[C@@H](O)CN2Cc2ccc(CO)o2)n1. The quantitative estimate of drug-likeness (QED) is 0.865. The van der Waals surface area contributed by atoms with Crippen LogP contribution in [0.25, 0.3) is 0 Å². The number of aromatic nitrogens is 2. The van der Waals surface area contributed by atoms with Crippen LogP contribution in [-0.2, 0) is 13.2 Å². The average molecular weight is 307 g/mol. The molecule has 0 bridgehead atoms. The van der Waals surface area contributed by atoms with Gasteiger partial charge in [0, 0.05) is 12.5 Å². The number of hydrogen-bond donors (Lipinski definition) is 2. The number of aliphatic hydroxyl groups excluding tert-OH is 2. The van der Waals surface area contributed by atoms with E-state index in [2.05, 4.69) is 15.0 Å². The Bertz CT molecular complexity index is 622. The van der Waals surface area contributed by atoms with E-state index in [4.69, 9.17) is 14.0 Å². The van der Waals surface area contributed by atoms with Crippen LogP contribution >= 0.6 is 0 Å². The molecule has 1 fully saturated rings. The van der Waals surface area contributed by atoms with Crippen molar-refractivity contribution in [2.75, 3.05) is 6.54 Å². The highest BCUT2D eigenvalue weighted by molar-refractivity contribution is 5.08. The minimum Gasteiger partial charge on any atom is -0.462 e. The van der Waals surface area contributed by atoms with Gasteiger partial charge >= 0.3 is 0 Å². The minimum absolute atomic E-state index is 0.113. The van der Waals surface area contributed by atoms with E-state index in [1.165, 1.54) is 0 Å². The smallest absolute Gasteiger partial charge is 0.244 e. The third-order valence-corrected chi connectivity index (χ3v) is 3.87. The van der Waals surface area contributed by atoms with E-state index in [0.29, 0.717) is 37.0 Å². The molecule has 1 saturated heterocycles. The Hall–Kier alpha value is -1.70.